The molecule has 1 atom stereocenters. The molecule has 0 aromatic carbocycles. The first-order valence-corrected chi connectivity index (χ1v) is 11.6. The van der Waals surface area contributed by atoms with Gasteiger partial charge in [0.05, 0.1) is 0 Å². The zero-order valence-corrected chi connectivity index (χ0v) is 18.9. The highest BCUT2D eigenvalue weighted by Gasteiger charge is 2.21. The zero-order chi connectivity index (χ0) is 22.4. The Kier molecular flexibility index (Phi) is 12.7. The number of isocyanates is 1. The monoisotopic (exact) mass is 422 g/mol. The van der Waals surface area contributed by atoms with E-state index >= 15 is 0 Å². The van der Waals surface area contributed by atoms with Crippen LogP contribution in [0.2, 0.25) is 0 Å². The maximum absolute atomic E-state index is 13.1. The fraction of sp³-hybridized carbons (Fsp3) is 0.818. The number of nitrogens with zero attached hydrogens (tertiary/aromatic N) is 4. The minimum atomic E-state index is -0.918. The lowest BCUT2D eigenvalue weighted by molar-refractivity contribution is 0.362. The first-order chi connectivity index (χ1) is 14.5. The van der Waals surface area contributed by atoms with E-state index in [-0.39, 0.29) is 13.1 Å². The van der Waals surface area contributed by atoms with E-state index in [1.807, 2.05) is 6.92 Å². The largest absolute Gasteiger partial charge is 0.338 e. The summed E-state index contributed by atoms with van der Waals surface area (Å²) in [6.07, 6.45) is 10.9. The third-order valence-electron chi connectivity index (χ3n) is 5.37. The van der Waals surface area contributed by atoms with Crippen molar-refractivity contribution in [3.8, 4) is 0 Å². The van der Waals surface area contributed by atoms with E-state index in [1.54, 1.807) is 0 Å². The second kappa shape index (κ2) is 14.7. The third kappa shape index (κ3) is 7.56. The van der Waals surface area contributed by atoms with Gasteiger partial charge < -0.3 is 0 Å². The van der Waals surface area contributed by atoms with Crippen LogP contribution in [-0.4, -0.2) is 19.8 Å². The van der Waals surface area contributed by atoms with Crippen molar-refractivity contribution in [3.05, 3.63) is 31.5 Å². The molecule has 1 aromatic rings. The summed E-state index contributed by atoms with van der Waals surface area (Å²) >= 11 is 0. The van der Waals surface area contributed by atoms with Crippen molar-refractivity contribution in [2.24, 2.45) is 4.99 Å². The average Bonchev–Trinajstić information content (AvgIpc) is 2.72. The molecule has 1 unspecified atom stereocenters. The predicted octanol–water partition coefficient (Wildman–Crippen LogP) is 3.75. The van der Waals surface area contributed by atoms with Gasteiger partial charge in [0.2, 0.25) is 6.08 Å². The molecule has 1 aromatic heterocycles. The lowest BCUT2D eigenvalue weighted by atomic mass is 10.2. The van der Waals surface area contributed by atoms with Crippen LogP contribution in [0, 0.1) is 0 Å². The van der Waals surface area contributed by atoms with E-state index < -0.39 is 23.2 Å². The second-order valence-electron chi connectivity index (χ2n) is 7.84. The molecule has 0 saturated heterocycles. The molecule has 0 saturated carbocycles. The second-order valence-corrected chi connectivity index (χ2v) is 7.84. The van der Waals surface area contributed by atoms with Gasteiger partial charge in [-0.15, -0.1) is 0 Å². The molecule has 1 heterocycles. The summed E-state index contributed by atoms with van der Waals surface area (Å²) in [5, 5.41) is 0. The van der Waals surface area contributed by atoms with Crippen LogP contribution in [0.15, 0.2) is 19.4 Å². The normalized spacial score (nSPS) is 12.0. The lowest BCUT2D eigenvalue weighted by Gasteiger charge is -2.18. The molecule has 0 N–H and O–H groups in total. The molecule has 0 radical (unpaired) electrons. The molecular weight excluding hydrogens is 384 g/mol. The first-order valence-electron chi connectivity index (χ1n) is 11.6. The van der Waals surface area contributed by atoms with E-state index in [0.29, 0.717) is 19.3 Å². The van der Waals surface area contributed by atoms with Crippen LogP contribution in [0.3, 0.4) is 0 Å². The standard InChI is InChI=1S/C22H38N4O4/c1-4-7-10-13-16-24-20(28)25(17-14-11-8-5-2)22(30)26(21(24)29)19(23-18-27)15-12-9-6-3/h19H,4-17H2,1-3H3. The van der Waals surface area contributed by atoms with Crippen molar-refractivity contribution in [1.29, 1.82) is 0 Å². The van der Waals surface area contributed by atoms with Crippen LogP contribution in [0.4, 0.5) is 0 Å². The number of aliphatic imine (C=N–C) groups is 1. The third-order valence-corrected chi connectivity index (χ3v) is 5.37. The van der Waals surface area contributed by atoms with Gasteiger partial charge in [-0.25, -0.2) is 32.9 Å². The van der Waals surface area contributed by atoms with Crippen LogP contribution >= 0.6 is 0 Å². The molecule has 170 valence electrons. The zero-order valence-electron chi connectivity index (χ0n) is 18.9. The minimum absolute atomic E-state index is 0.263. The number of aromatic nitrogens is 3. The van der Waals surface area contributed by atoms with E-state index in [0.717, 1.165) is 71.5 Å². The van der Waals surface area contributed by atoms with Gasteiger partial charge in [-0.1, -0.05) is 72.1 Å². The molecule has 0 fully saturated rings. The van der Waals surface area contributed by atoms with Gasteiger partial charge in [-0.3, -0.25) is 0 Å². The van der Waals surface area contributed by atoms with Gasteiger partial charge in [-0.2, -0.15) is 4.99 Å². The summed E-state index contributed by atoms with van der Waals surface area (Å²) in [4.78, 5) is 53.8. The van der Waals surface area contributed by atoms with Crippen LogP contribution in [-0.2, 0) is 17.9 Å². The Morgan fingerprint density at radius 2 is 1.17 bits per heavy atom. The minimum Gasteiger partial charge on any atom is -0.247 e. The maximum atomic E-state index is 13.1. The fourth-order valence-electron chi connectivity index (χ4n) is 3.57. The van der Waals surface area contributed by atoms with Gasteiger partial charge >= 0.3 is 17.1 Å². The maximum Gasteiger partial charge on any atom is 0.338 e. The van der Waals surface area contributed by atoms with Crippen LogP contribution < -0.4 is 17.1 Å². The Labute approximate surface area is 178 Å². The van der Waals surface area contributed by atoms with Gasteiger partial charge in [0, 0.05) is 13.1 Å². The number of carbonyl (C=O) groups excluding carboxylic acids is 1. The van der Waals surface area contributed by atoms with Gasteiger partial charge in [0.25, 0.3) is 0 Å². The van der Waals surface area contributed by atoms with Crippen LogP contribution in [0.1, 0.15) is 104 Å². The van der Waals surface area contributed by atoms with E-state index in [2.05, 4.69) is 18.8 Å². The molecular formula is C22H38N4O4. The number of unbranched alkanes of at least 4 members (excludes halogenated alkanes) is 8. The smallest absolute Gasteiger partial charge is 0.247 e. The molecule has 0 bridgehead atoms. The van der Waals surface area contributed by atoms with E-state index in [9.17, 15) is 19.2 Å². The molecule has 0 spiro atoms. The highest BCUT2D eigenvalue weighted by molar-refractivity contribution is 5.33. The van der Waals surface area contributed by atoms with Crippen molar-refractivity contribution in [1.82, 2.24) is 13.7 Å². The fourth-order valence-corrected chi connectivity index (χ4v) is 3.57. The average molecular weight is 423 g/mol. The Morgan fingerprint density at radius 3 is 1.60 bits per heavy atom. The van der Waals surface area contributed by atoms with Gasteiger partial charge in [-0.05, 0) is 25.7 Å². The first kappa shape index (κ1) is 25.8. The summed E-state index contributed by atoms with van der Waals surface area (Å²) < 4.78 is 3.27. The van der Waals surface area contributed by atoms with E-state index in [4.69, 9.17) is 0 Å². The van der Waals surface area contributed by atoms with Crippen molar-refractivity contribution < 1.29 is 4.79 Å². The van der Waals surface area contributed by atoms with Crippen molar-refractivity contribution in [2.45, 2.75) is 117 Å². The summed E-state index contributed by atoms with van der Waals surface area (Å²) in [7, 11) is 0. The highest BCUT2D eigenvalue weighted by Crippen LogP contribution is 2.13. The Hall–Kier alpha value is -2.21. The lowest BCUT2D eigenvalue weighted by Crippen LogP contribution is -2.55. The summed E-state index contributed by atoms with van der Waals surface area (Å²) in [5.74, 6) is 0. The van der Waals surface area contributed by atoms with Gasteiger partial charge in [0.1, 0.15) is 6.17 Å². The predicted molar refractivity (Wildman–Crippen MR) is 119 cm³/mol. The molecule has 0 aliphatic rings. The molecule has 0 aliphatic heterocycles. The summed E-state index contributed by atoms with van der Waals surface area (Å²) in [5.41, 5.74) is -1.91. The Morgan fingerprint density at radius 1 is 0.700 bits per heavy atom. The van der Waals surface area contributed by atoms with Crippen molar-refractivity contribution in [2.75, 3.05) is 0 Å². The topological polar surface area (TPSA) is 95.4 Å². The molecule has 0 aliphatic carbocycles. The van der Waals surface area contributed by atoms with Gasteiger partial charge in [0.15, 0.2) is 0 Å². The number of hydrogen-bond acceptors (Lipinski definition) is 5. The Bertz CT molecular complexity index is 796. The summed E-state index contributed by atoms with van der Waals surface area (Å²) in [6, 6.07) is 0. The molecule has 1 rings (SSSR count). The molecule has 8 heteroatoms. The van der Waals surface area contributed by atoms with Crippen molar-refractivity contribution in [3.63, 3.8) is 0 Å². The quantitative estimate of drug-likeness (QED) is 0.230. The van der Waals surface area contributed by atoms with Crippen LogP contribution in [0.25, 0.3) is 0 Å². The molecule has 0 amide bonds. The van der Waals surface area contributed by atoms with E-state index in [1.165, 1.54) is 6.08 Å². The summed E-state index contributed by atoms with van der Waals surface area (Å²) in [6.45, 7) is 6.75. The van der Waals surface area contributed by atoms with Crippen LogP contribution in [0.5, 0.6) is 0 Å². The molecule has 30 heavy (non-hydrogen) atoms. The van der Waals surface area contributed by atoms with Crippen molar-refractivity contribution >= 4 is 6.08 Å². The number of rotatable bonds is 16. The Balaban J connectivity index is 3.40. The SMILES string of the molecule is CCCCCCn1c(=O)n(CCCCCC)c(=O)n(C(CCCCC)N=C=O)c1=O. The molecule has 8 nitrogen and oxygen atoms in total. The number of hydrogen-bond donors (Lipinski definition) is 0. The highest BCUT2D eigenvalue weighted by atomic mass is 16.2.